The molecule has 0 aliphatic heterocycles. The van der Waals surface area contributed by atoms with Crippen molar-refractivity contribution in [1.82, 2.24) is 0 Å². The second-order valence-electron chi connectivity index (χ2n) is 13.9. The van der Waals surface area contributed by atoms with Gasteiger partial charge >= 0.3 is 5.97 Å². The topological polar surface area (TPSA) is 64.3 Å². The van der Waals surface area contributed by atoms with E-state index in [1.165, 1.54) is 61.9 Å². The van der Waals surface area contributed by atoms with Gasteiger partial charge in [-0.05, 0) is 105 Å². The van der Waals surface area contributed by atoms with Gasteiger partial charge in [-0.25, -0.2) is 4.79 Å². The van der Waals surface area contributed by atoms with E-state index in [-0.39, 0.29) is 16.4 Å². The van der Waals surface area contributed by atoms with Gasteiger partial charge in [0, 0.05) is 37.6 Å². The SMILES string of the molecule is CC1(C)c2ccccc2-c2cc(N(c3ccc(-c4ccc(/C=C(\C#N)C(=O)O)s4)cc3)c3ccc4c(c3)-c3ccccc3C4(C)C)ccc21. The van der Waals surface area contributed by atoms with Gasteiger partial charge in [0.1, 0.15) is 11.6 Å². The molecule has 0 radical (unpaired) electrons. The summed E-state index contributed by atoms with van der Waals surface area (Å²) in [4.78, 5) is 15.4. The van der Waals surface area contributed by atoms with Gasteiger partial charge in [-0.15, -0.1) is 11.3 Å². The van der Waals surface area contributed by atoms with Gasteiger partial charge < -0.3 is 10.0 Å². The summed E-state index contributed by atoms with van der Waals surface area (Å²) in [6.45, 7) is 9.23. The fraction of sp³-hybridized carbons (Fsp3) is 0.136. The zero-order valence-corrected chi connectivity index (χ0v) is 28.6. The van der Waals surface area contributed by atoms with Crippen LogP contribution in [0.1, 0.15) is 54.8 Å². The van der Waals surface area contributed by atoms with Gasteiger partial charge in [0.15, 0.2) is 0 Å². The summed E-state index contributed by atoms with van der Waals surface area (Å²) >= 11 is 1.46. The molecule has 1 N–H and O–H groups in total. The molecule has 1 heterocycles. The lowest BCUT2D eigenvalue weighted by Gasteiger charge is -2.28. The van der Waals surface area contributed by atoms with Crippen LogP contribution in [0.3, 0.4) is 0 Å². The van der Waals surface area contributed by atoms with Crippen LogP contribution >= 0.6 is 11.3 Å². The van der Waals surface area contributed by atoms with Crippen LogP contribution < -0.4 is 4.90 Å². The van der Waals surface area contributed by atoms with Crippen molar-refractivity contribution >= 4 is 40.4 Å². The number of hydrogen-bond donors (Lipinski definition) is 1. The zero-order valence-electron chi connectivity index (χ0n) is 27.8. The van der Waals surface area contributed by atoms with Crippen molar-refractivity contribution in [3.05, 3.63) is 154 Å². The van der Waals surface area contributed by atoms with Crippen LogP contribution in [-0.4, -0.2) is 11.1 Å². The highest BCUT2D eigenvalue weighted by atomic mass is 32.1. The average Bonchev–Trinajstić information content (AvgIpc) is 3.74. The first kappa shape index (κ1) is 30.6. The summed E-state index contributed by atoms with van der Waals surface area (Å²) < 4.78 is 0. The molecular formula is C44H34N2O2S. The molecule has 8 rings (SSSR count). The summed E-state index contributed by atoms with van der Waals surface area (Å²) in [5.41, 5.74) is 14.3. The number of carboxylic acid groups (broad SMARTS) is 1. The van der Waals surface area contributed by atoms with E-state index in [1.54, 1.807) is 6.07 Å². The van der Waals surface area contributed by atoms with E-state index in [0.29, 0.717) is 0 Å². The second kappa shape index (κ2) is 11.2. The first-order chi connectivity index (χ1) is 23.6. The van der Waals surface area contributed by atoms with Crippen LogP contribution in [0, 0.1) is 11.3 Å². The summed E-state index contributed by atoms with van der Waals surface area (Å²) in [7, 11) is 0. The third-order valence-corrected chi connectivity index (χ3v) is 11.4. The molecule has 49 heavy (non-hydrogen) atoms. The number of aliphatic carboxylic acids is 1. The Labute approximate surface area is 290 Å². The maximum atomic E-state index is 11.4. The van der Waals surface area contributed by atoms with Crippen LogP contribution in [-0.2, 0) is 15.6 Å². The van der Waals surface area contributed by atoms with E-state index in [1.807, 2.05) is 12.1 Å². The summed E-state index contributed by atoms with van der Waals surface area (Å²) in [6.07, 6.45) is 1.42. The minimum atomic E-state index is -1.22. The van der Waals surface area contributed by atoms with Gasteiger partial charge in [-0.3, -0.25) is 0 Å². The van der Waals surface area contributed by atoms with E-state index in [9.17, 15) is 15.2 Å². The Morgan fingerprint density at radius 1 is 0.653 bits per heavy atom. The molecular weight excluding hydrogens is 621 g/mol. The van der Waals surface area contributed by atoms with Crippen LogP contribution in [0.5, 0.6) is 0 Å². The van der Waals surface area contributed by atoms with Gasteiger partial charge in [-0.1, -0.05) is 100 Å². The van der Waals surface area contributed by atoms with Crippen LogP contribution in [0.4, 0.5) is 17.1 Å². The minimum absolute atomic E-state index is 0.0764. The van der Waals surface area contributed by atoms with Crippen LogP contribution in [0.25, 0.3) is 38.8 Å². The standard InChI is InChI=1S/C44H34N2O2S/c1-43(2)37-11-7-5-9-33(37)35-24-30(17-20-39(35)43)46(31-18-21-40-36(25-31)34-10-6-8-12-38(34)44(40,3)4)29-15-13-27(14-16-29)41-22-19-32(49-41)23-28(26-45)42(47)48/h5-25H,1-4H3,(H,47,48)/b28-23+. The van der Waals surface area contributed by atoms with Gasteiger partial charge in [-0.2, -0.15) is 5.26 Å². The first-order valence-electron chi connectivity index (χ1n) is 16.4. The molecule has 2 aliphatic rings. The third-order valence-electron chi connectivity index (χ3n) is 10.3. The largest absolute Gasteiger partial charge is 0.477 e. The molecule has 0 unspecified atom stereocenters. The van der Waals surface area contributed by atoms with E-state index >= 15 is 0 Å². The van der Waals surface area contributed by atoms with Crippen molar-refractivity contribution in [2.75, 3.05) is 4.90 Å². The Morgan fingerprint density at radius 3 is 1.65 bits per heavy atom. The molecule has 1 aromatic heterocycles. The number of fused-ring (bicyclic) bond motifs is 6. The molecule has 5 heteroatoms. The van der Waals surface area contributed by atoms with E-state index < -0.39 is 5.97 Å². The monoisotopic (exact) mass is 654 g/mol. The first-order valence-corrected chi connectivity index (χ1v) is 17.2. The Hall–Kier alpha value is -5.70. The smallest absolute Gasteiger partial charge is 0.346 e. The fourth-order valence-corrected chi connectivity index (χ4v) is 8.74. The molecule has 4 nitrogen and oxygen atoms in total. The quantitative estimate of drug-likeness (QED) is 0.143. The van der Waals surface area contributed by atoms with Gasteiger partial charge in [0.25, 0.3) is 0 Å². The van der Waals surface area contributed by atoms with Crippen molar-refractivity contribution in [1.29, 1.82) is 5.26 Å². The number of anilines is 3. The number of carbonyl (C=O) groups is 1. The minimum Gasteiger partial charge on any atom is -0.477 e. The second-order valence-corrected chi connectivity index (χ2v) is 15.0. The molecule has 5 aromatic carbocycles. The fourth-order valence-electron chi connectivity index (χ4n) is 7.79. The molecule has 6 aromatic rings. The van der Waals surface area contributed by atoms with Crippen molar-refractivity contribution in [2.45, 2.75) is 38.5 Å². The highest BCUT2D eigenvalue weighted by Gasteiger charge is 2.37. The number of rotatable bonds is 6. The Balaban J connectivity index is 1.25. The van der Waals surface area contributed by atoms with E-state index in [4.69, 9.17) is 0 Å². The molecule has 0 atom stereocenters. The average molecular weight is 655 g/mol. The molecule has 0 spiro atoms. The predicted molar refractivity (Wildman–Crippen MR) is 201 cm³/mol. The molecule has 0 bridgehead atoms. The van der Waals surface area contributed by atoms with Gasteiger partial charge in [0.05, 0.1) is 0 Å². The van der Waals surface area contributed by atoms with Crippen LogP contribution in [0.2, 0.25) is 0 Å². The van der Waals surface area contributed by atoms with Gasteiger partial charge in [0.2, 0.25) is 0 Å². The van der Waals surface area contributed by atoms with Crippen molar-refractivity contribution in [2.24, 2.45) is 0 Å². The lowest BCUT2D eigenvalue weighted by atomic mass is 9.82. The van der Waals surface area contributed by atoms with Crippen LogP contribution in [0.15, 0.2) is 127 Å². The number of hydrogen-bond acceptors (Lipinski definition) is 4. The molecule has 0 amide bonds. The Bertz CT molecular complexity index is 2280. The molecule has 0 saturated heterocycles. The van der Waals surface area contributed by atoms with E-state index in [2.05, 4.69) is 142 Å². The Morgan fingerprint density at radius 2 is 1.14 bits per heavy atom. The van der Waals surface area contributed by atoms with Crippen molar-refractivity contribution < 1.29 is 9.90 Å². The molecule has 0 fully saturated rings. The highest BCUT2D eigenvalue weighted by molar-refractivity contribution is 7.16. The summed E-state index contributed by atoms with van der Waals surface area (Å²) in [5.74, 6) is -1.22. The number of nitriles is 1. The normalized spacial score (nSPS) is 14.7. The molecule has 2 aliphatic carbocycles. The lowest BCUT2D eigenvalue weighted by molar-refractivity contribution is -0.132. The number of benzene rings is 5. The number of carboxylic acids is 1. The number of thiophene rings is 1. The lowest BCUT2D eigenvalue weighted by Crippen LogP contribution is -2.16. The highest BCUT2D eigenvalue weighted by Crippen LogP contribution is 2.53. The summed E-state index contributed by atoms with van der Waals surface area (Å²) in [6, 6.07) is 45.4. The maximum absolute atomic E-state index is 11.4. The Kier molecular flexibility index (Phi) is 6.99. The molecule has 0 saturated carbocycles. The predicted octanol–water partition coefficient (Wildman–Crippen LogP) is 11.5. The summed E-state index contributed by atoms with van der Waals surface area (Å²) in [5, 5.41) is 18.5. The zero-order chi connectivity index (χ0) is 34.1. The number of nitrogens with zero attached hydrogens (tertiary/aromatic N) is 2. The van der Waals surface area contributed by atoms with Crippen molar-refractivity contribution in [3.63, 3.8) is 0 Å². The van der Waals surface area contributed by atoms with Crippen molar-refractivity contribution in [3.8, 4) is 38.8 Å². The molecule has 238 valence electrons. The third kappa shape index (κ3) is 4.83. The maximum Gasteiger partial charge on any atom is 0.346 e. The van der Waals surface area contributed by atoms with E-state index in [0.717, 1.165) is 32.4 Å².